The van der Waals surface area contributed by atoms with Crippen molar-refractivity contribution in [1.29, 1.82) is 0 Å². The zero-order valence-corrected chi connectivity index (χ0v) is 16.0. The fraction of sp³-hybridized carbons (Fsp3) is 0.136. The molecule has 5 nitrogen and oxygen atoms in total. The highest BCUT2D eigenvalue weighted by atomic mass is 32.2. The van der Waals surface area contributed by atoms with E-state index in [-0.39, 0.29) is 16.6 Å². The normalized spacial score (nSPS) is 16.3. The van der Waals surface area contributed by atoms with Gasteiger partial charge in [0.25, 0.3) is 5.56 Å². The molecule has 6 heteroatoms. The summed E-state index contributed by atoms with van der Waals surface area (Å²) < 4.78 is 3.29. The summed E-state index contributed by atoms with van der Waals surface area (Å²) in [6.45, 7) is 0. The number of rotatable bonds is 2. The van der Waals surface area contributed by atoms with E-state index in [1.54, 1.807) is 34.3 Å². The van der Waals surface area contributed by atoms with Gasteiger partial charge in [-0.3, -0.25) is 18.8 Å². The van der Waals surface area contributed by atoms with Crippen LogP contribution in [0.3, 0.4) is 0 Å². The Morgan fingerprint density at radius 1 is 1.00 bits per heavy atom. The number of carbonyl (C=O) groups excluding carboxylic acids is 1. The second kappa shape index (κ2) is 6.49. The quantitative estimate of drug-likeness (QED) is 0.519. The number of hydrogen-bond acceptors (Lipinski definition) is 4. The number of nitrogens with zero attached hydrogens (tertiary/aromatic N) is 3. The lowest BCUT2D eigenvalue weighted by atomic mass is 10.0. The molecule has 0 aliphatic carbocycles. The molecule has 5 rings (SSSR count). The predicted molar refractivity (Wildman–Crippen MR) is 110 cm³/mol. The summed E-state index contributed by atoms with van der Waals surface area (Å²) in [5.41, 5.74) is 2.90. The molecule has 28 heavy (non-hydrogen) atoms. The fourth-order valence-electron chi connectivity index (χ4n) is 3.79. The van der Waals surface area contributed by atoms with Crippen molar-refractivity contribution >= 4 is 28.4 Å². The number of aromatic nitrogens is 3. The molecule has 1 unspecified atom stereocenters. The van der Waals surface area contributed by atoms with Crippen molar-refractivity contribution in [3.63, 3.8) is 0 Å². The van der Waals surface area contributed by atoms with Crippen molar-refractivity contribution in [3.05, 3.63) is 88.3 Å². The van der Waals surface area contributed by atoms with Crippen molar-refractivity contribution in [2.75, 3.05) is 0 Å². The van der Waals surface area contributed by atoms with Crippen molar-refractivity contribution < 1.29 is 4.79 Å². The third kappa shape index (κ3) is 2.52. The lowest BCUT2D eigenvalue weighted by molar-refractivity contribution is 0.0976. The van der Waals surface area contributed by atoms with Gasteiger partial charge in [-0.15, -0.1) is 0 Å². The number of pyridine rings is 1. The van der Waals surface area contributed by atoms with E-state index >= 15 is 0 Å². The van der Waals surface area contributed by atoms with Crippen LogP contribution in [0.1, 0.15) is 27.6 Å². The van der Waals surface area contributed by atoms with E-state index in [1.807, 2.05) is 60.7 Å². The standard InChI is InChI=1S/C22H17N3O2S/c1-24-20-16(13-23-24)21(27)25(15-10-6-3-7-11-15)22-19(20)17(26)12-18(28-22)14-8-4-2-5-9-14/h2-11,13,18H,12H2,1H3. The van der Waals surface area contributed by atoms with Crippen molar-refractivity contribution in [3.8, 4) is 5.69 Å². The van der Waals surface area contributed by atoms with Gasteiger partial charge >= 0.3 is 0 Å². The summed E-state index contributed by atoms with van der Waals surface area (Å²) in [5, 5.41) is 5.39. The first-order valence-electron chi connectivity index (χ1n) is 9.06. The molecule has 2 aromatic carbocycles. The van der Waals surface area contributed by atoms with E-state index in [1.165, 1.54) is 0 Å². The minimum Gasteiger partial charge on any atom is -0.294 e. The number of thioether (sulfide) groups is 1. The molecule has 3 heterocycles. The largest absolute Gasteiger partial charge is 0.294 e. The summed E-state index contributed by atoms with van der Waals surface area (Å²) in [5.74, 6) is 0.0425. The molecule has 0 amide bonds. The van der Waals surface area contributed by atoms with Crippen LogP contribution < -0.4 is 5.56 Å². The van der Waals surface area contributed by atoms with E-state index < -0.39 is 0 Å². The number of carbonyl (C=O) groups is 1. The Labute approximate surface area is 165 Å². The Kier molecular flexibility index (Phi) is 3.94. The third-order valence-corrected chi connectivity index (χ3v) is 6.45. The van der Waals surface area contributed by atoms with Gasteiger partial charge in [-0.25, -0.2) is 0 Å². The molecule has 4 aromatic rings. The van der Waals surface area contributed by atoms with Crippen LogP contribution in [0.15, 0.2) is 76.7 Å². The topological polar surface area (TPSA) is 56.9 Å². The number of aryl methyl sites for hydroxylation is 1. The lowest BCUT2D eigenvalue weighted by Gasteiger charge is -2.27. The van der Waals surface area contributed by atoms with Gasteiger partial charge in [-0.2, -0.15) is 5.10 Å². The van der Waals surface area contributed by atoms with E-state index in [2.05, 4.69) is 5.10 Å². The summed E-state index contributed by atoms with van der Waals surface area (Å²) in [6.07, 6.45) is 1.95. The monoisotopic (exact) mass is 387 g/mol. The summed E-state index contributed by atoms with van der Waals surface area (Å²) in [7, 11) is 1.77. The van der Waals surface area contributed by atoms with E-state index in [0.717, 1.165) is 11.3 Å². The molecule has 0 saturated heterocycles. The Bertz CT molecular complexity index is 1260. The molecule has 0 bridgehead atoms. The highest BCUT2D eigenvalue weighted by Crippen LogP contribution is 2.46. The van der Waals surface area contributed by atoms with Gasteiger partial charge in [0, 0.05) is 24.4 Å². The van der Waals surface area contributed by atoms with Gasteiger partial charge in [-0.05, 0) is 17.7 Å². The minimum atomic E-state index is -0.151. The SMILES string of the molecule is Cn1ncc2c(=O)n(-c3ccccc3)c3c(c21)C(=O)CC(c1ccccc1)S3. The molecule has 0 N–H and O–H groups in total. The maximum absolute atomic E-state index is 13.3. The number of hydrogen-bond donors (Lipinski definition) is 0. The molecule has 0 fully saturated rings. The van der Waals surface area contributed by atoms with Crippen LogP contribution in [0, 0.1) is 0 Å². The van der Waals surface area contributed by atoms with Crippen LogP contribution >= 0.6 is 11.8 Å². The number of fused-ring (bicyclic) bond motifs is 3. The molecule has 0 saturated carbocycles. The smallest absolute Gasteiger partial charge is 0.267 e. The van der Waals surface area contributed by atoms with E-state index in [0.29, 0.717) is 27.9 Å². The number of Topliss-reactive ketones (excluding diaryl/α,β-unsaturated/α-hetero) is 1. The molecule has 1 atom stereocenters. The molecule has 0 radical (unpaired) electrons. The zero-order valence-electron chi connectivity index (χ0n) is 15.2. The molecular weight excluding hydrogens is 370 g/mol. The van der Waals surface area contributed by atoms with Gasteiger partial charge in [0.15, 0.2) is 5.78 Å². The summed E-state index contributed by atoms with van der Waals surface area (Å²) in [4.78, 5) is 26.6. The predicted octanol–water partition coefficient (Wildman–Crippen LogP) is 4.14. The van der Waals surface area contributed by atoms with Crippen molar-refractivity contribution in [2.45, 2.75) is 16.7 Å². The van der Waals surface area contributed by atoms with Crippen LogP contribution in [-0.4, -0.2) is 20.1 Å². The van der Waals surface area contributed by atoms with Gasteiger partial charge in [0.1, 0.15) is 0 Å². The lowest BCUT2D eigenvalue weighted by Crippen LogP contribution is -2.26. The van der Waals surface area contributed by atoms with Gasteiger partial charge in [-0.1, -0.05) is 60.3 Å². The molecule has 2 aromatic heterocycles. The molecule has 0 spiro atoms. The number of para-hydroxylation sites is 1. The van der Waals surface area contributed by atoms with Crippen LogP contribution in [-0.2, 0) is 7.05 Å². The first-order chi connectivity index (χ1) is 13.6. The number of benzene rings is 2. The van der Waals surface area contributed by atoms with Crippen molar-refractivity contribution in [2.24, 2.45) is 7.05 Å². The first kappa shape index (κ1) is 17.0. The Morgan fingerprint density at radius 3 is 2.39 bits per heavy atom. The summed E-state index contributed by atoms with van der Waals surface area (Å²) in [6, 6.07) is 19.5. The second-order valence-electron chi connectivity index (χ2n) is 6.83. The summed E-state index contributed by atoms with van der Waals surface area (Å²) >= 11 is 1.58. The maximum atomic E-state index is 13.3. The third-order valence-electron chi connectivity index (χ3n) is 5.12. The first-order valence-corrected chi connectivity index (χ1v) is 9.94. The fourth-order valence-corrected chi connectivity index (χ4v) is 5.21. The second-order valence-corrected chi connectivity index (χ2v) is 8.02. The van der Waals surface area contributed by atoms with Gasteiger partial charge in [0.2, 0.25) is 0 Å². The van der Waals surface area contributed by atoms with Crippen LogP contribution in [0.2, 0.25) is 0 Å². The van der Waals surface area contributed by atoms with Gasteiger partial charge < -0.3 is 0 Å². The average molecular weight is 387 g/mol. The zero-order chi connectivity index (χ0) is 19.3. The Hall–Kier alpha value is -3.12. The molecular formula is C22H17N3O2S. The van der Waals surface area contributed by atoms with E-state index in [4.69, 9.17) is 0 Å². The molecule has 1 aliphatic rings. The average Bonchev–Trinajstić information content (AvgIpc) is 3.11. The molecule has 138 valence electrons. The Morgan fingerprint density at radius 2 is 1.68 bits per heavy atom. The maximum Gasteiger partial charge on any atom is 0.267 e. The van der Waals surface area contributed by atoms with Crippen LogP contribution in [0.25, 0.3) is 16.6 Å². The highest BCUT2D eigenvalue weighted by molar-refractivity contribution is 7.99. The number of ketones is 1. The minimum absolute atomic E-state index is 0.0266. The van der Waals surface area contributed by atoms with Gasteiger partial charge in [0.05, 0.1) is 27.7 Å². The Balaban J connectivity index is 1.83. The van der Waals surface area contributed by atoms with Crippen molar-refractivity contribution in [1.82, 2.24) is 14.3 Å². The molecule has 1 aliphatic heterocycles. The van der Waals surface area contributed by atoms with Crippen LogP contribution in [0.4, 0.5) is 0 Å². The van der Waals surface area contributed by atoms with Crippen LogP contribution in [0.5, 0.6) is 0 Å². The van der Waals surface area contributed by atoms with E-state index in [9.17, 15) is 9.59 Å². The highest BCUT2D eigenvalue weighted by Gasteiger charge is 2.33.